The van der Waals surface area contributed by atoms with E-state index in [0.29, 0.717) is 17.8 Å². The molecule has 2 aromatic rings. The second-order valence-electron chi connectivity index (χ2n) is 12.7. The number of nitrogens with zero attached hydrogens (tertiary/aromatic N) is 2. The van der Waals surface area contributed by atoms with Gasteiger partial charge >= 0.3 is 0 Å². The number of halogens is 1. The average molecular weight is 621 g/mol. The SMILES string of the molecule is CCC[C@H]1CN(CC(=O)c2cc(C(C)(C)C)c(O)c(C(C)(C)C)c2)C(=NBr)[C@@H]1c1ccc(NS(C)(=O)=O)cc1. The highest BCUT2D eigenvalue weighted by molar-refractivity contribution is 9.08. The molecule has 0 unspecified atom stereocenters. The van der Waals surface area contributed by atoms with Gasteiger partial charge in [0.2, 0.25) is 10.0 Å². The van der Waals surface area contributed by atoms with Crippen LogP contribution in [0.1, 0.15) is 94.3 Å². The quantitative estimate of drug-likeness (QED) is 0.318. The van der Waals surface area contributed by atoms with Crippen LogP contribution < -0.4 is 4.72 Å². The van der Waals surface area contributed by atoms with Gasteiger partial charge in [-0.05, 0) is 53.0 Å². The van der Waals surface area contributed by atoms with Gasteiger partial charge in [0.05, 0.1) is 28.9 Å². The fourth-order valence-electron chi connectivity index (χ4n) is 5.37. The molecule has 0 aliphatic carbocycles. The Kier molecular flexibility index (Phi) is 9.27. The fourth-order valence-corrected chi connectivity index (χ4v) is 6.38. The van der Waals surface area contributed by atoms with Gasteiger partial charge in [-0.1, -0.05) is 67.0 Å². The number of sulfonamides is 1. The largest absolute Gasteiger partial charge is 0.507 e. The summed E-state index contributed by atoms with van der Waals surface area (Å²) in [6.07, 6.45) is 3.09. The van der Waals surface area contributed by atoms with Crippen LogP contribution >= 0.6 is 16.1 Å². The van der Waals surface area contributed by atoms with Gasteiger partial charge in [0.25, 0.3) is 0 Å². The van der Waals surface area contributed by atoms with Crippen LogP contribution in [-0.4, -0.2) is 49.4 Å². The number of amidine groups is 1. The Bertz CT molecular complexity index is 1300. The third-order valence-corrected chi connectivity index (χ3v) is 8.20. The number of anilines is 1. The zero-order chi connectivity index (χ0) is 29.3. The van der Waals surface area contributed by atoms with Gasteiger partial charge in [-0.25, -0.2) is 8.42 Å². The lowest BCUT2D eigenvalue weighted by molar-refractivity contribution is 0.0963. The molecule has 3 rings (SSSR count). The first-order valence-electron chi connectivity index (χ1n) is 13.4. The summed E-state index contributed by atoms with van der Waals surface area (Å²) in [4.78, 5) is 15.8. The molecule has 214 valence electrons. The highest BCUT2D eigenvalue weighted by Crippen LogP contribution is 2.41. The fraction of sp³-hybridized carbons (Fsp3) is 0.533. The highest BCUT2D eigenvalue weighted by atomic mass is 79.9. The first kappa shape index (κ1) is 31.1. The summed E-state index contributed by atoms with van der Waals surface area (Å²) in [7, 11) is -3.36. The summed E-state index contributed by atoms with van der Waals surface area (Å²) in [5.74, 6) is 1.24. The Morgan fingerprint density at radius 1 is 1.08 bits per heavy atom. The number of carbonyl (C=O) groups is 1. The number of phenolic OH excluding ortho intramolecular Hbond substituents is 1. The summed E-state index contributed by atoms with van der Waals surface area (Å²) >= 11 is 3.33. The molecule has 0 spiro atoms. The molecule has 0 saturated carbocycles. The minimum Gasteiger partial charge on any atom is -0.507 e. The summed E-state index contributed by atoms with van der Waals surface area (Å²) < 4.78 is 30.2. The maximum Gasteiger partial charge on any atom is 0.229 e. The molecule has 39 heavy (non-hydrogen) atoms. The van der Waals surface area contributed by atoms with Crippen molar-refractivity contribution in [2.75, 3.05) is 24.1 Å². The number of Topliss-reactive ketones (excluding diaryl/α,β-unsaturated/α-hetero) is 1. The van der Waals surface area contributed by atoms with Crippen molar-refractivity contribution in [3.8, 4) is 5.75 Å². The number of hydrogen-bond acceptors (Lipinski definition) is 5. The predicted molar refractivity (Wildman–Crippen MR) is 164 cm³/mol. The number of hydrogen-bond donors (Lipinski definition) is 2. The molecule has 0 aromatic heterocycles. The number of ketones is 1. The van der Waals surface area contributed by atoms with Gasteiger partial charge in [0, 0.05) is 34.8 Å². The van der Waals surface area contributed by atoms with E-state index in [4.69, 9.17) is 0 Å². The van der Waals surface area contributed by atoms with Crippen molar-refractivity contribution in [1.29, 1.82) is 0 Å². The Labute approximate surface area is 242 Å². The Morgan fingerprint density at radius 2 is 1.62 bits per heavy atom. The molecule has 1 aliphatic heterocycles. The second-order valence-corrected chi connectivity index (χ2v) is 14.8. The van der Waals surface area contributed by atoms with Crippen molar-refractivity contribution in [3.05, 3.63) is 58.7 Å². The molecule has 7 nitrogen and oxygen atoms in total. The van der Waals surface area contributed by atoms with E-state index in [-0.39, 0.29) is 40.7 Å². The van der Waals surface area contributed by atoms with Crippen LogP contribution in [0.5, 0.6) is 5.75 Å². The van der Waals surface area contributed by atoms with Gasteiger partial charge in [-0.2, -0.15) is 4.02 Å². The number of rotatable bonds is 8. The first-order chi connectivity index (χ1) is 18.0. The van der Waals surface area contributed by atoms with Crippen LogP contribution in [0.15, 0.2) is 40.4 Å². The smallest absolute Gasteiger partial charge is 0.229 e. The molecule has 0 radical (unpaired) electrons. The summed E-state index contributed by atoms with van der Waals surface area (Å²) in [6.45, 7) is 15.2. The maximum atomic E-state index is 13.8. The van der Waals surface area contributed by atoms with Gasteiger partial charge in [0.1, 0.15) is 11.6 Å². The van der Waals surface area contributed by atoms with E-state index in [2.05, 4.69) is 31.8 Å². The van der Waals surface area contributed by atoms with Gasteiger partial charge < -0.3 is 10.0 Å². The van der Waals surface area contributed by atoms with E-state index in [1.54, 1.807) is 12.1 Å². The molecule has 0 bridgehead atoms. The Morgan fingerprint density at radius 3 is 2.05 bits per heavy atom. The first-order valence-corrected chi connectivity index (χ1v) is 16.0. The van der Waals surface area contributed by atoms with E-state index in [1.807, 2.05) is 70.7 Å². The minimum atomic E-state index is -3.36. The van der Waals surface area contributed by atoms with Gasteiger partial charge in [-0.3, -0.25) is 9.52 Å². The zero-order valence-corrected chi connectivity index (χ0v) is 26.7. The van der Waals surface area contributed by atoms with Crippen molar-refractivity contribution in [2.45, 2.75) is 78.1 Å². The van der Waals surface area contributed by atoms with E-state index in [0.717, 1.165) is 41.6 Å². The van der Waals surface area contributed by atoms with E-state index < -0.39 is 10.0 Å². The standard InChI is InChI=1S/C30H42BrN3O4S/c1-9-10-20-17-34(28(32-31)26(20)19-11-13-22(14-12-19)33-39(8,37)38)18-25(35)21-15-23(29(2,3)4)27(36)24(16-21)30(5,6)7/h11-16,20,26,33,36H,9-10,17-18H2,1-8H3/t20-,26+/m0/s1. The Balaban J connectivity index is 1.95. The Hall–Kier alpha value is -2.39. The van der Waals surface area contributed by atoms with Crippen LogP contribution in [-0.2, 0) is 20.9 Å². The molecule has 2 atom stereocenters. The van der Waals surface area contributed by atoms with Crippen molar-refractivity contribution >= 4 is 43.5 Å². The van der Waals surface area contributed by atoms with Crippen LogP contribution in [0.4, 0.5) is 5.69 Å². The molecule has 2 N–H and O–H groups in total. The molecule has 0 amide bonds. The number of carbonyl (C=O) groups excluding carboxylic acids is 1. The molecular formula is C30H42BrN3O4S. The van der Waals surface area contributed by atoms with Crippen molar-refractivity contribution < 1.29 is 18.3 Å². The van der Waals surface area contributed by atoms with Crippen molar-refractivity contribution in [2.24, 2.45) is 9.94 Å². The summed E-state index contributed by atoms with van der Waals surface area (Å²) in [5, 5.41) is 11.1. The van der Waals surface area contributed by atoms with Gasteiger partial charge in [0.15, 0.2) is 5.78 Å². The highest BCUT2D eigenvalue weighted by Gasteiger charge is 2.40. The normalized spacial score (nSPS) is 19.5. The maximum absolute atomic E-state index is 13.8. The number of phenols is 1. The summed E-state index contributed by atoms with van der Waals surface area (Å²) in [6, 6.07) is 11.0. The lowest BCUT2D eigenvalue weighted by atomic mass is 9.78. The third-order valence-electron chi connectivity index (χ3n) is 7.23. The van der Waals surface area contributed by atoms with Gasteiger partial charge in [-0.15, -0.1) is 0 Å². The number of aromatic hydroxyl groups is 1. The number of benzene rings is 2. The van der Waals surface area contributed by atoms with Crippen LogP contribution in [0.25, 0.3) is 0 Å². The lowest BCUT2D eigenvalue weighted by Gasteiger charge is -2.28. The van der Waals surface area contributed by atoms with Crippen LogP contribution in [0, 0.1) is 5.92 Å². The van der Waals surface area contributed by atoms with E-state index in [9.17, 15) is 18.3 Å². The third kappa shape index (κ3) is 7.42. The topological polar surface area (TPSA) is 99.1 Å². The van der Waals surface area contributed by atoms with E-state index >= 15 is 0 Å². The average Bonchev–Trinajstić information content (AvgIpc) is 3.13. The van der Waals surface area contributed by atoms with Crippen LogP contribution in [0.2, 0.25) is 0 Å². The van der Waals surface area contributed by atoms with E-state index in [1.165, 1.54) is 0 Å². The molecular weight excluding hydrogens is 578 g/mol. The molecule has 2 aromatic carbocycles. The lowest BCUT2D eigenvalue weighted by Crippen LogP contribution is -2.32. The predicted octanol–water partition coefficient (Wildman–Crippen LogP) is 6.77. The second kappa shape index (κ2) is 11.6. The zero-order valence-electron chi connectivity index (χ0n) is 24.3. The molecule has 1 heterocycles. The van der Waals surface area contributed by atoms with Crippen LogP contribution in [0.3, 0.4) is 0 Å². The molecule has 9 heteroatoms. The molecule has 1 fully saturated rings. The van der Waals surface area contributed by atoms with Crippen molar-refractivity contribution in [1.82, 2.24) is 4.90 Å². The number of likely N-dealkylation sites (tertiary alicyclic amines) is 1. The molecule has 1 aliphatic rings. The monoisotopic (exact) mass is 619 g/mol. The minimum absolute atomic E-state index is 0.0248. The van der Waals surface area contributed by atoms with Crippen molar-refractivity contribution in [3.63, 3.8) is 0 Å². The summed E-state index contributed by atoms with van der Waals surface area (Å²) in [5.41, 5.74) is 2.99. The molecule has 1 saturated heterocycles. The number of nitrogens with one attached hydrogen (secondary N) is 1.